The molecular weight excluding hydrogens is 310 g/mol. The maximum absolute atomic E-state index is 12.4. The highest BCUT2D eigenvalue weighted by atomic mass is 16.6. The molecule has 4 rings (SSSR count). The van der Waals surface area contributed by atoms with Gasteiger partial charge in [0.1, 0.15) is 6.10 Å². The van der Waals surface area contributed by atoms with E-state index >= 15 is 0 Å². The minimum atomic E-state index is 0.0864. The summed E-state index contributed by atoms with van der Waals surface area (Å²) in [5.41, 5.74) is 0. The van der Waals surface area contributed by atoms with Crippen molar-refractivity contribution < 1.29 is 9.53 Å². The van der Waals surface area contributed by atoms with Crippen molar-refractivity contribution in [2.24, 2.45) is 29.6 Å². The van der Waals surface area contributed by atoms with Crippen molar-refractivity contribution in [3.8, 4) is 0 Å². The first-order valence-electron chi connectivity index (χ1n) is 10.7. The summed E-state index contributed by atoms with van der Waals surface area (Å²) in [4.78, 5) is 14.9. The molecule has 140 valence electrons. The lowest BCUT2D eigenvalue weighted by molar-refractivity contribution is -0.144. The molecule has 0 aromatic heterocycles. The average molecular weight is 346 g/mol. The number of nitrogens with zero attached hydrogens (tertiary/aromatic N) is 1. The summed E-state index contributed by atoms with van der Waals surface area (Å²) in [5, 5.41) is 0. The summed E-state index contributed by atoms with van der Waals surface area (Å²) < 4.78 is 5.69. The predicted molar refractivity (Wildman–Crippen MR) is 100 cm³/mol. The first kappa shape index (κ1) is 17.6. The summed E-state index contributed by atoms with van der Waals surface area (Å²) >= 11 is 0. The van der Waals surface area contributed by atoms with E-state index in [-0.39, 0.29) is 18.0 Å². The number of cyclic esters (lactones) is 1. The summed E-state index contributed by atoms with van der Waals surface area (Å²) in [6, 6.07) is 1.25. The molecule has 0 spiro atoms. The Kier molecular flexibility index (Phi) is 4.96. The molecule has 0 radical (unpaired) electrons. The van der Waals surface area contributed by atoms with Crippen molar-refractivity contribution in [2.45, 2.75) is 83.4 Å². The highest BCUT2D eigenvalue weighted by molar-refractivity contribution is 5.75. The third-order valence-electron chi connectivity index (χ3n) is 7.97. The largest absolute Gasteiger partial charge is 0.462 e. The van der Waals surface area contributed by atoms with Gasteiger partial charge in [-0.05, 0) is 64.3 Å². The van der Waals surface area contributed by atoms with E-state index in [1.54, 1.807) is 0 Å². The van der Waals surface area contributed by atoms with Gasteiger partial charge in [0.05, 0.1) is 5.92 Å². The summed E-state index contributed by atoms with van der Waals surface area (Å²) in [7, 11) is 2.27. The Bertz CT molecular complexity index is 530. The number of piperidine rings is 1. The Hall–Kier alpha value is -0.830. The van der Waals surface area contributed by atoms with E-state index in [0.717, 1.165) is 18.3 Å². The SMILES string of the molecule is CC1OC(=O)C2CC3CCCCC3[C@@H](/C=C/C3CCC[C@H](C)N3C)C12. The topological polar surface area (TPSA) is 29.5 Å². The maximum Gasteiger partial charge on any atom is 0.309 e. The minimum absolute atomic E-state index is 0.0864. The molecular formula is C22H35NO2. The molecule has 25 heavy (non-hydrogen) atoms. The van der Waals surface area contributed by atoms with Gasteiger partial charge in [-0.2, -0.15) is 0 Å². The first-order chi connectivity index (χ1) is 12.1. The number of likely N-dealkylation sites (N-methyl/N-ethyl adjacent to an activating group) is 1. The van der Waals surface area contributed by atoms with E-state index in [1.807, 2.05) is 0 Å². The number of allylic oxidation sites excluding steroid dienone is 1. The van der Waals surface area contributed by atoms with Crippen molar-refractivity contribution in [1.82, 2.24) is 4.90 Å². The number of esters is 1. The number of hydrogen-bond acceptors (Lipinski definition) is 3. The summed E-state index contributed by atoms with van der Waals surface area (Å²) in [6.45, 7) is 4.47. The van der Waals surface area contributed by atoms with Crippen LogP contribution in [0.15, 0.2) is 12.2 Å². The smallest absolute Gasteiger partial charge is 0.309 e. The highest BCUT2D eigenvalue weighted by Crippen LogP contribution is 2.53. The van der Waals surface area contributed by atoms with Crippen LogP contribution < -0.4 is 0 Å². The van der Waals surface area contributed by atoms with Crippen LogP contribution in [0, 0.1) is 29.6 Å². The first-order valence-corrected chi connectivity index (χ1v) is 10.7. The normalized spacial score (nSPS) is 48.2. The zero-order valence-electron chi connectivity index (χ0n) is 16.2. The van der Waals surface area contributed by atoms with Crippen LogP contribution in [-0.2, 0) is 9.53 Å². The second-order valence-corrected chi connectivity index (χ2v) is 9.24. The van der Waals surface area contributed by atoms with Gasteiger partial charge in [-0.25, -0.2) is 0 Å². The molecule has 8 atom stereocenters. The van der Waals surface area contributed by atoms with Crippen LogP contribution >= 0.6 is 0 Å². The maximum atomic E-state index is 12.4. The molecule has 2 saturated carbocycles. The van der Waals surface area contributed by atoms with Gasteiger partial charge in [-0.1, -0.05) is 37.8 Å². The van der Waals surface area contributed by atoms with Gasteiger partial charge < -0.3 is 4.74 Å². The molecule has 0 aromatic rings. The third kappa shape index (κ3) is 3.18. The molecule has 2 saturated heterocycles. The molecule has 0 bridgehead atoms. The molecule has 2 heterocycles. The van der Waals surface area contributed by atoms with Crippen LogP contribution in [0.1, 0.15) is 65.2 Å². The Labute approximate surface area is 153 Å². The lowest BCUT2D eigenvalue weighted by atomic mass is 9.57. The van der Waals surface area contributed by atoms with Gasteiger partial charge >= 0.3 is 5.97 Å². The second kappa shape index (κ2) is 7.06. The monoisotopic (exact) mass is 345 g/mol. The van der Waals surface area contributed by atoms with Gasteiger partial charge in [-0.3, -0.25) is 9.69 Å². The zero-order valence-corrected chi connectivity index (χ0v) is 16.2. The molecule has 2 aliphatic carbocycles. The average Bonchev–Trinajstić information content (AvgIpc) is 2.89. The lowest BCUT2D eigenvalue weighted by Gasteiger charge is -2.46. The van der Waals surface area contributed by atoms with Crippen LogP contribution in [-0.4, -0.2) is 36.1 Å². The molecule has 4 fully saturated rings. The van der Waals surface area contributed by atoms with Gasteiger partial charge in [0.25, 0.3) is 0 Å². The molecule has 0 amide bonds. The number of carbonyl (C=O) groups is 1. The van der Waals surface area contributed by atoms with Crippen molar-refractivity contribution in [1.29, 1.82) is 0 Å². The van der Waals surface area contributed by atoms with E-state index in [2.05, 4.69) is 37.9 Å². The Morgan fingerprint density at radius 1 is 1.04 bits per heavy atom. The fraction of sp³-hybridized carbons (Fsp3) is 0.864. The van der Waals surface area contributed by atoms with Crippen molar-refractivity contribution in [3.63, 3.8) is 0 Å². The predicted octanol–water partition coefficient (Wildman–Crippen LogP) is 4.42. The fourth-order valence-electron chi connectivity index (χ4n) is 6.43. The van der Waals surface area contributed by atoms with Crippen LogP contribution in [0.5, 0.6) is 0 Å². The van der Waals surface area contributed by atoms with Gasteiger partial charge in [0.15, 0.2) is 0 Å². The molecule has 0 N–H and O–H groups in total. The number of ether oxygens (including phenoxy) is 1. The van der Waals surface area contributed by atoms with Gasteiger partial charge in [0.2, 0.25) is 0 Å². The zero-order chi connectivity index (χ0) is 17.6. The number of carbonyl (C=O) groups excluding carboxylic acids is 1. The number of rotatable bonds is 2. The highest BCUT2D eigenvalue weighted by Gasteiger charge is 2.53. The summed E-state index contributed by atoms with van der Waals surface area (Å²) in [6.07, 6.45) is 15.5. The van der Waals surface area contributed by atoms with Gasteiger partial charge in [-0.15, -0.1) is 0 Å². The number of hydrogen-bond donors (Lipinski definition) is 0. The van der Waals surface area contributed by atoms with E-state index in [0.29, 0.717) is 23.9 Å². The molecule has 2 aliphatic heterocycles. The van der Waals surface area contributed by atoms with Crippen LogP contribution in [0.4, 0.5) is 0 Å². The minimum Gasteiger partial charge on any atom is -0.462 e. The van der Waals surface area contributed by atoms with Gasteiger partial charge in [0, 0.05) is 18.0 Å². The standard InChI is InChI=1S/C22H35NO2/c1-14-7-6-9-17(23(14)3)11-12-19-18-10-5-4-8-16(18)13-20-21(19)15(2)25-22(20)24/h11-12,14-21H,4-10,13H2,1-3H3/b12-11+/t14-,15?,16?,17?,18?,19+,20?,21?/m0/s1. The van der Waals surface area contributed by atoms with E-state index in [4.69, 9.17) is 4.74 Å². The Balaban J connectivity index is 1.57. The summed E-state index contributed by atoms with van der Waals surface area (Å²) in [5.74, 6) is 2.71. The second-order valence-electron chi connectivity index (χ2n) is 9.24. The number of likely N-dealkylation sites (tertiary alicyclic amines) is 1. The Morgan fingerprint density at radius 3 is 2.68 bits per heavy atom. The van der Waals surface area contributed by atoms with E-state index in [1.165, 1.54) is 44.9 Å². The van der Waals surface area contributed by atoms with Crippen LogP contribution in [0.2, 0.25) is 0 Å². The molecule has 3 heteroatoms. The molecule has 0 aromatic carbocycles. The lowest BCUT2D eigenvalue weighted by Crippen LogP contribution is -2.44. The fourth-order valence-corrected chi connectivity index (χ4v) is 6.43. The van der Waals surface area contributed by atoms with Crippen molar-refractivity contribution >= 4 is 5.97 Å². The van der Waals surface area contributed by atoms with E-state index < -0.39 is 0 Å². The number of fused-ring (bicyclic) bond motifs is 2. The van der Waals surface area contributed by atoms with Crippen LogP contribution in [0.25, 0.3) is 0 Å². The quantitative estimate of drug-likeness (QED) is 0.548. The van der Waals surface area contributed by atoms with E-state index in [9.17, 15) is 4.79 Å². The Morgan fingerprint density at radius 2 is 1.84 bits per heavy atom. The van der Waals surface area contributed by atoms with Crippen molar-refractivity contribution in [3.05, 3.63) is 12.2 Å². The van der Waals surface area contributed by atoms with Crippen molar-refractivity contribution in [2.75, 3.05) is 7.05 Å². The molecule has 3 nitrogen and oxygen atoms in total. The third-order valence-corrected chi connectivity index (χ3v) is 7.97. The molecule has 4 aliphatic rings. The van der Waals surface area contributed by atoms with Crippen LogP contribution in [0.3, 0.4) is 0 Å². The molecule has 6 unspecified atom stereocenters.